The van der Waals surface area contributed by atoms with E-state index in [-0.39, 0.29) is 5.91 Å². The van der Waals surface area contributed by atoms with E-state index in [0.29, 0.717) is 6.42 Å². The smallest absolute Gasteiger partial charge is 0.222 e. The van der Waals surface area contributed by atoms with Crippen LogP contribution in [0.5, 0.6) is 0 Å². The van der Waals surface area contributed by atoms with Gasteiger partial charge in [0.25, 0.3) is 0 Å². The van der Waals surface area contributed by atoms with Crippen LogP contribution >= 0.6 is 11.6 Å². The number of carbonyl (C=O) groups excluding carboxylic acids is 1. The molecule has 1 aromatic rings. The van der Waals surface area contributed by atoms with E-state index in [9.17, 15) is 4.79 Å². The standard InChI is InChI=1S/C17H25ClN2O/c1-19(11-4-14-20-12-2-3-13-20)17(21)10-7-15-5-8-16(18)9-6-15/h5-6,8-9H,2-4,7,10-14H2,1H3. The molecule has 1 saturated heterocycles. The van der Waals surface area contributed by atoms with E-state index in [1.807, 2.05) is 36.2 Å². The number of benzene rings is 1. The predicted octanol–water partition coefficient (Wildman–Crippen LogP) is 3.22. The third-order valence-electron chi connectivity index (χ3n) is 4.13. The van der Waals surface area contributed by atoms with Crippen LogP contribution in [0.1, 0.15) is 31.2 Å². The van der Waals surface area contributed by atoms with Crippen LogP contribution < -0.4 is 0 Å². The maximum Gasteiger partial charge on any atom is 0.222 e. The first kappa shape index (κ1) is 16.3. The summed E-state index contributed by atoms with van der Waals surface area (Å²) in [4.78, 5) is 16.5. The molecule has 0 aliphatic carbocycles. The van der Waals surface area contributed by atoms with E-state index in [2.05, 4.69) is 4.90 Å². The number of aryl methyl sites for hydroxylation is 1. The highest BCUT2D eigenvalue weighted by Crippen LogP contribution is 2.12. The van der Waals surface area contributed by atoms with Crippen molar-refractivity contribution in [3.63, 3.8) is 0 Å². The quantitative estimate of drug-likeness (QED) is 0.772. The molecule has 2 rings (SSSR count). The lowest BCUT2D eigenvalue weighted by atomic mass is 10.1. The Morgan fingerprint density at radius 1 is 1.24 bits per heavy atom. The third kappa shape index (κ3) is 5.68. The summed E-state index contributed by atoms with van der Waals surface area (Å²) in [5.41, 5.74) is 1.17. The van der Waals surface area contributed by atoms with E-state index >= 15 is 0 Å². The van der Waals surface area contributed by atoms with E-state index in [1.165, 1.54) is 31.5 Å². The van der Waals surface area contributed by atoms with Gasteiger partial charge in [-0.3, -0.25) is 4.79 Å². The van der Waals surface area contributed by atoms with Gasteiger partial charge in [0.15, 0.2) is 0 Å². The first-order chi connectivity index (χ1) is 10.1. The topological polar surface area (TPSA) is 23.6 Å². The lowest BCUT2D eigenvalue weighted by Gasteiger charge is -2.20. The fraction of sp³-hybridized carbons (Fsp3) is 0.588. The van der Waals surface area contributed by atoms with Crippen molar-refractivity contribution in [2.75, 3.05) is 33.2 Å². The maximum atomic E-state index is 12.1. The summed E-state index contributed by atoms with van der Waals surface area (Å²) >= 11 is 5.86. The number of rotatable bonds is 7. The van der Waals surface area contributed by atoms with Crippen molar-refractivity contribution in [3.8, 4) is 0 Å². The first-order valence-electron chi connectivity index (χ1n) is 7.86. The molecule has 1 amide bonds. The molecule has 3 nitrogen and oxygen atoms in total. The van der Waals surface area contributed by atoms with Gasteiger partial charge < -0.3 is 9.80 Å². The molecule has 1 heterocycles. The first-order valence-corrected chi connectivity index (χ1v) is 8.24. The van der Waals surface area contributed by atoms with Gasteiger partial charge in [0.05, 0.1) is 0 Å². The average molecular weight is 309 g/mol. The number of carbonyl (C=O) groups is 1. The molecule has 0 bridgehead atoms. The van der Waals surface area contributed by atoms with Crippen LogP contribution in [0.3, 0.4) is 0 Å². The number of amides is 1. The summed E-state index contributed by atoms with van der Waals surface area (Å²) < 4.78 is 0. The number of hydrogen-bond acceptors (Lipinski definition) is 2. The van der Waals surface area contributed by atoms with Crippen LogP contribution in [-0.2, 0) is 11.2 Å². The highest BCUT2D eigenvalue weighted by molar-refractivity contribution is 6.30. The minimum Gasteiger partial charge on any atom is -0.346 e. The Morgan fingerprint density at radius 3 is 2.57 bits per heavy atom. The van der Waals surface area contributed by atoms with E-state index in [1.54, 1.807) is 0 Å². The minimum atomic E-state index is 0.228. The molecule has 1 aliphatic heterocycles. The Kier molecular flexibility index (Phi) is 6.52. The van der Waals surface area contributed by atoms with Crippen molar-refractivity contribution in [3.05, 3.63) is 34.9 Å². The largest absolute Gasteiger partial charge is 0.346 e. The number of nitrogens with zero attached hydrogens (tertiary/aromatic N) is 2. The van der Waals surface area contributed by atoms with Crippen molar-refractivity contribution < 1.29 is 4.79 Å². The van der Waals surface area contributed by atoms with Gasteiger partial charge in [-0.25, -0.2) is 0 Å². The van der Waals surface area contributed by atoms with Crippen molar-refractivity contribution in [2.45, 2.75) is 32.1 Å². The molecule has 0 N–H and O–H groups in total. The molecule has 1 aromatic carbocycles. The summed E-state index contributed by atoms with van der Waals surface area (Å²) in [6.45, 7) is 4.44. The second-order valence-corrected chi connectivity index (χ2v) is 6.28. The fourth-order valence-electron chi connectivity index (χ4n) is 2.76. The zero-order valence-electron chi connectivity index (χ0n) is 12.9. The van der Waals surface area contributed by atoms with Gasteiger partial charge in [-0.15, -0.1) is 0 Å². The Balaban J connectivity index is 1.63. The van der Waals surface area contributed by atoms with Gasteiger partial charge in [-0.05, 0) is 63.0 Å². The molecule has 0 unspecified atom stereocenters. The molecule has 116 valence electrons. The molecule has 1 fully saturated rings. The van der Waals surface area contributed by atoms with Gasteiger partial charge >= 0.3 is 0 Å². The molecule has 0 radical (unpaired) electrons. The maximum absolute atomic E-state index is 12.1. The number of halogens is 1. The second-order valence-electron chi connectivity index (χ2n) is 5.84. The zero-order valence-corrected chi connectivity index (χ0v) is 13.6. The van der Waals surface area contributed by atoms with Crippen LogP contribution in [-0.4, -0.2) is 48.9 Å². The summed E-state index contributed by atoms with van der Waals surface area (Å²) in [7, 11) is 1.91. The van der Waals surface area contributed by atoms with Crippen LogP contribution in [0, 0.1) is 0 Å². The highest BCUT2D eigenvalue weighted by Gasteiger charge is 2.12. The molecule has 4 heteroatoms. The van der Waals surface area contributed by atoms with E-state index < -0.39 is 0 Å². The van der Waals surface area contributed by atoms with Gasteiger partial charge in [-0.2, -0.15) is 0 Å². The fourth-order valence-corrected chi connectivity index (χ4v) is 2.88. The van der Waals surface area contributed by atoms with Crippen LogP contribution in [0.2, 0.25) is 5.02 Å². The lowest BCUT2D eigenvalue weighted by molar-refractivity contribution is -0.129. The van der Waals surface area contributed by atoms with Gasteiger partial charge in [-0.1, -0.05) is 23.7 Å². The number of hydrogen-bond donors (Lipinski definition) is 0. The van der Waals surface area contributed by atoms with Crippen molar-refractivity contribution >= 4 is 17.5 Å². The van der Waals surface area contributed by atoms with Gasteiger partial charge in [0, 0.05) is 25.0 Å². The molecule has 1 aliphatic rings. The summed E-state index contributed by atoms with van der Waals surface area (Å²) in [5.74, 6) is 0.228. The Bertz CT molecular complexity index is 441. The third-order valence-corrected chi connectivity index (χ3v) is 4.39. The predicted molar refractivity (Wildman–Crippen MR) is 87.7 cm³/mol. The molecule has 0 saturated carbocycles. The Morgan fingerprint density at radius 2 is 1.90 bits per heavy atom. The monoisotopic (exact) mass is 308 g/mol. The van der Waals surface area contributed by atoms with Crippen molar-refractivity contribution in [2.24, 2.45) is 0 Å². The highest BCUT2D eigenvalue weighted by atomic mass is 35.5. The normalized spacial score (nSPS) is 15.3. The van der Waals surface area contributed by atoms with Crippen LogP contribution in [0.25, 0.3) is 0 Å². The van der Waals surface area contributed by atoms with Crippen molar-refractivity contribution in [1.82, 2.24) is 9.80 Å². The summed E-state index contributed by atoms with van der Waals surface area (Å²) in [6.07, 6.45) is 5.09. The molecular formula is C17H25ClN2O. The Labute approximate surface area is 132 Å². The summed E-state index contributed by atoms with van der Waals surface area (Å²) in [5, 5.41) is 0.740. The van der Waals surface area contributed by atoms with Gasteiger partial charge in [0.2, 0.25) is 5.91 Å². The molecule has 0 aromatic heterocycles. The van der Waals surface area contributed by atoms with Crippen LogP contribution in [0.15, 0.2) is 24.3 Å². The molecule has 21 heavy (non-hydrogen) atoms. The summed E-state index contributed by atoms with van der Waals surface area (Å²) in [6, 6.07) is 7.73. The number of likely N-dealkylation sites (tertiary alicyclic amines) is 1. The van der Waals surface area contributed by atoms with E-state index in [4.69, 9.17) is 11.6 Å². The lowest BCUT2D eigenvalue weighted by Crippen LogP contribution is -2.30. The van der Waals surface area contributed by atoms with Crippen molar-refractivity contribution in [1.29, 1.82) is 0 Å². The van der Waals surface area contributed by atoms with E-state index in [0.717, 1.165) is 31.0 Å². The second kappa shape index (κ2) is 8.40. The SMILES string of the molecule is CN(CCCN1CCCC1)C(=O)CCc1ccc(Cl)cc1. The minimum absolute atomic E-state index is 0.228. The Hall–Kier alpha value is -1.06. The molecule has 0 atom stereocenters. The molecule has 0 spiro atoms. The van der Waals surface area contributed by atoms with Crippen LogP contribution in [0.4, 0.5) is 0 Å². The zero-order chi connectivity index (χ0) is 15.1. The van der Waals surface area contributed by atoms with Gasteiger partial charge in [0.1, 0.15) is 0 Å². The average Bonchev–Trinajstić information content (AvgIpc) is 2.99. The molecular weight excluding hydrogens is 284 g/mol.